The number of amides is 2. The number of carbonyl (C=O) groups is 2. The zero-order valence-corrected chi connectivity index (χ0v) is 17.8. The van der Waals surface area contributed by atoms with Crippen LogP contribution in [-0.2, 0) is 9.59 Å². The van der Waals surface area contributed by atoms with Gasteiger partial charge in [0.1, 0.15) is 0 Å². The fourth-order valence-electron chi connectivity index (χ4n) is 3.49. The molecule has 1 heterocycles. The fraction of sp³-hybridized carbons (Fsp3) is 0.905. The number of piperidine rings is 1. The number of hydrogen-bond donors (Lipinski definition) is 3. The molecule has 1 aliphatic heterocycles. The molecule has 3 N–H and O–H groups in total. The number of hydrogen-bond acceptors (Lipinski definition) is 4. The molecule has 164 valence electrons. The van der Waals surface area contributed by atoms with Crippen LogP contribution in [0.2, 0.25) is 0 Å². The van der Waals surface area contributed by atoms with Crippen molar-refractivity contribution in [3.63, 3.8) is 0 Å². The van der Waals surface area contributed by atoms with Crippen molar-refractivity contribution in [3.8, 4) is 0 Å². The largest absolute Gasteiger partial charge is 0.356 e. The van der Waals surface area contributed by atoms with Crippen molar-refractivity contribution in [1.29, 1.82) is 0 Å². The summed E-state index contributed by atoms with van der Waals surface area (Å²) in [5.74, 6) is 0.282. The van der Waals surface area contributed by atoms with Crippen LogP contribution in [0.1, 0.15) is 82.8 Å². The van der Waals surface area contributed by atoms with E-state index in [1.54, 1.807) is 0 Å². The summed E-state index contributed by atoms with van der Waals surface area (Å²) in [5.41, 5.74) is 0. The summed E-state index contributed by atoms with van der Waals surface area (Å²) in [4.78, 5) is 26.0. The summed E-state index contributed by atoms with van der Waals surface area (Å²) in [7, 11) is 0. The van der Waals surface area contributed by atoms with Crippen LogP contribution in [0.25, 0.3) is 0 Å². The van der Waals surface area contributed by atoms with E-state index in [4.69, 9.17) is 0 Å². The second kappa shape index (κ2) is 14.9. The van der Waals surface area contributed by atoms with E-state index in [1.165, 1.54) is 12.8 Å². The zero-order valence-electron chi connectivity index (χ0n) is 17.8. The first-order valence-electron chi connectivity index (χ1n) is 11.0. The number of carbonyl (C=O) groups excluding carboxylic acids is 2. The van der Waals surface area contributed by atoms with Crippen LogP contribution in [0.3, 0.4) is 0 Å². The number of rotatable bonds is 14. The third-order valence-corrected chi connectivity index (χ3v) is 5.03. The Hall–Kier alpha value is -1.14. The Morgan fingerprint density at radius 1 is 0.963 bits per heavy atom. The fourth-order valence-corrected chi connectivity index (χ4v) is 3.49. The molecule has 27 heavy (non-hydrogen) atoms. The lowest BCUT2D eigenvalue weighted by molar-refractivity contribution is -0.123. The Morgan fingerprint density at radius 3 is 2.22 bits per heavy atom. The smallest absolute Gasteiger partial charge is 0.234 e. The van der Waals surface area contributed by atoms with E-state index >= 15 is 0 Å². The van der Waals surface area contributed by atoms with Crippen LogP contribution in [0, 0.1) is 0 Å². The predicted octanol–water partition coefficient (Wildman–Crippen LogP) is 3.17. The second-order valence-electron chi connectivity index (χ2n) is 8.09. The summed E-state index contributed by atoms with van der Waals surface area (Å²) in [5, 5.41) is 9.56. The van der Waals surface area contributed by atoms with Crippen LogP contribution in [0.15, 0.2) is 0 Å². The van der Waals surface area contributed by atoms with E-state index in [9.17, 15) is 9.59 Å². The number of unbranched alkanes of at least 4 members (excludes halogenated alkanes) is 4. The number of nitrogens with one attached hydrogen (secondary N) is 3. The van der Waals surface area contributed by atoms with E-state index in [1.807, 2.05) is 0 Å². The second-order valence-corrected chi connectivity index (χ2v) is 8.09. The van der Waals surface area contributed by atoms with Gasteiger partial charge in [0, 0.05) is 49.0 Å². The monoisotopic (exact) mass is 388 g/mol. The molecule has 2 amide bonds. The highest BCUT2D eigenvalue weighted by molar-refractivity contribution is 5.78. The Morgan fingerprint density at radius 2 is 1.59 bits per heavy atom. The topological polar surface area (TPSA) is 73.5 Å². The van der Waals surface area contributed by atoms with Gasteiger partial charge in [-0.05, 0) is 32.1 Å². The van der Waals surface area contributed by atoms with Gasteiger partial charge in [-0.25, -0.2) is 0 Å². The summed E-state index contributed by atoms with van der Waals surface area (Å²) in [6, 6.07) is 1.12. The molecule has 0 saturated carbocycles. The highest BCUT2D eigenvalue weighted by Gasteiger charge is 2.20. The van der Waals surface area contributed by atoms with E-state index in [0.29, 0.717) is 31.6 Å². The number of nitrogens with zero attached hydrogens (tertiary/aromatic N) is 1. The molecule has 1 rings (SSSR count). The zero-order chi connectivity index (χ0) is 19.9. The van der Waals surface area contributed by atoms with Gasteiger partial charge in [-0.15, -0.1) is 0 Å². The molecule has 0 aromatic heterocycles. The van der Waals surface area contributed by atoms with Gasteiger partial charge in [0.15, 0.2) is 0 Å². The average molecular weight is 389 g/mol. The molecule has 1 fully saturated rings. The first-order valence-corrected chi connectivity index (χ1v) is 11.0. The van der Waals surface area contributed by atoms with Crippen LogP contribution in [0.5, 0.6) is 0 Å². The van der Waals surface area contributed by atoms with Crippen molar-refractivity contribution in [2.24, 2.45) is 0 Å². The molecule has 0 atom stereocenters. The van der Waals surface area contributed by atoms with Gasteiger partial charge in [-0.2, -0.15) is 0 Å². The number of likely N-dealkylation sites (tertiary alicyclic amines) is 1. The van der Waals surface area contributed by atoms with E-state index < -0.39 is 0 Å². The molecule has 0 aliphatic carbocycles. The lowest BCUT2D eigenvalue weighted by Gasteiger charge is -2.32. The standard InChI is InChI=1S/C21H42N4O2.3H2/c1-4-5-8-13-22-20(26)10-7-6-9-14-23-21(27)17-25-15-11-19(12-16-25)24-18(2)3;;;/h18-19,24H,4-17H2,1-3H3,(H,22,26)(H,23,27);3*1H. The molecular formula is C21H48N4O2. The highest BCUT2D eigenvalue weighted by Crippen LogP contribution is 2.10. The first kappa shape index (κ1) is 23.9. The van der Waals surface area contributed by atoms with Crippen molar-refractivity contribution >= 4 is 11.8 Å². The summed E-state index contributed by atoms with van der Waals surface area (Å²) in [6.07, 6.45) is 9.07. The maximum atomic E-state index is 12.1. The average Bonchev–Trinajstić information content (AvgIpc) is 2.63. The lowest BCUT2D eigenvalue weighted by Crippen LogP contribution is -2.47. The van der Waals surface area contributed by atoms with Gasteiger partial charge < -0.3 is 16.0 Å². The maximum absolute atomic E-state index is 12.1. The molecule has 6 heteroatoms. The first-order chi connectivity index (χ1) is 13.0. The summed E-state index contributed by atoms with van der Waals surface area (Å²) in [6.45, 7) is 10.5. The molecular weight excluding hydrogens is 340 g/mol. The molecule has 0 aromatic rings. The highest BCUT2D eigenvalue weighted by atomic mass is 16.2. The molecule has 1 saturated heterocycles. The van der Waals surface area contributed by atoms with E-state index in [-0.39, 0.29) is 16.1 Å². The Kier molecular flexibility index (Phi) is 13.2. The van der Waals surface area contributed by atoms with Gasteiger partial charge in [0.2, 0.25) is 11.8 Å². The lowest BCUT2D eigenvalue weighted by atomic mass is 10.0. The van der Waals surface area contributed by atoms with Crippen LogP contribution in [-0.4, -0.2) is 61.5 Å². The molecule has 0 unspecified atom stereocenters. The van der Waals surface area contributed by atoms with Crippen LogP contribution < -0.4 is 16.0 Å². The Bertz CT molecular complexity index is 421. The van der Waals surface area contributed by atoms with Crippen molar-refractivity contribution in [2.75, 3.05) is 32.7 Å². The normalized spacial score (nSPS) is 15.9. The minimum atomic E-state index is 0. The minimum Gasteiger partial charge on any atom is -0.356 e. The quantitative estimate of drug-likeness (QED) is 0.400. The SMILES string of the molecule is CCCCCNC(=O)CCCCCNC(=O)CN1CCC(NC(C)C)CC1.[HH].[HH].[HH]. The molecule has 0 aromatic carbocycles. The van der Waals surface area contributed by atoms with Crippen molar-refractivity contribution in [3.05, 3.63) is 0 Å². The van der Waals surface area contributed by atoms with Gasteiger partial charge in [-0.3, -0.25) is 14.5 Å². The molecule has 0 radical (unpaired) electrons. The summed E-state index contributed by atoms with van der Waals surface area (Å²) >= 11 is 0. The predicted molar refractivity (Wildman–Crippen MR) is 118 cm³/mol. The van der Waals surface area contributed by atoms with Crippen molar-refractivity contribution < 1.29 is 13.9 Å². The molecule has 1 aliphatic rings. The Labute approximate surface area is 170 Å². The minimum absolute atomic E-state index is 0. The van der Waals surface area contributed by atoms with Gasteiger partial charge in [-0.1, -0.05) is 40.0 Å². The van der Waals surface area contributed by atoms with Gasteiger partial charge in [0.25, 0.3) is 0 Å². The third-order valence-electron chi connectivity index (χ3n) is 5.03. The van der Waals surface area contributed by atoms with Gasteiger partial charge in [0.05, 0.1) is 6.54 Å². The summed E-state index contributed by atoms with van der Waals surface area (Å²) < 4.78 is 0. The van der Waals surface area contributed by atoms with Crippen molar-refractivity contribution in [1.82, 2.24) is 20.9 Å². The van der Waals surface area contributed by atoms with Crippen LogP contribution in [0.4, 0.5) is 0 Å². The maximum Gasteiger partial charge on any atom is 0.234 e. The van der Waals surface area contributed by atoms with Crippen molar-refractivity contribution in [2.45, 2.75) is 90.6 Å². The van der Waals surface area contributed by atoms with Crippen LogP contribution >= 0.6 is 0 Å². The molecule has 0 bridgehead atoms. The van der Waals surface area contributed by atoms with E-state index in [0.717, 1.165) is 58.2 Å². The molecule has 0 spiro atoms. The molecule has 6 nitrogen and oxygen atoms in total. The van der Waals surface area contributed by atoms with E-state index in [2.05, 4.69) is 41.6 Å². The Balaban J connectivity index is -0.00000243. The van der Waals surface area contributed by atoms with Gasteiger partial charge >= 0.3 is 0 Å². The third kappa shape index (κ3) is 12.8.